The maximum Gasteiger partial charge on any atom is 0.315 e. The van der Waals surface area contributed by atoms with Crippen LogP contribution in [0.4, 0.5) is 22.0 Å². The van der Waals surface area contributed by atoms with Crippen LogP contribution in [0.5, 0.6) is 5.88 Å². The van der Waals surface area contributed by atoms with E-state index >= 15 is 0 Å². The number of anilines is 3. The molecule has 2 fully saturated rings. The lowest BCUT2D eigenvalue weighted by atomic mass is 9.96. The zero-order valence-electron chi connectivity index (χ0n) is 28.4. The predicted molar refractivity (Wildman–Crippen MR) is 193 cm³/mol. The molecular weight excluding hydrogens is 640 g/mol. The highest BCUT2D eigenvalue weighted by Crippen LogP contribution is 2.46. The smallest absolute Gasteiger partial charge is 0.315 e. The van der Waals surface area contributed by atoms with E-state index < -0.39 is 0 Å². The van der Waals surface area contributed by atoms with E-state index in [2.05, 4.69) is 42.5 Å². The van der Waals surface area contributed by atoms with Crippen molar-refractivity contribution in [2.75, 3.05) is 51.5 Å². The third kappa shape index (κ3) is 5.80. The number of carbonyl (C=O) groups is 2. The zero-order valence-corrected chi connectivity index (χ0v) is 29.1. The highest BCUT2D eigenvalue weighted by atomic mass is 35.5. The van der Waals surface area contributed by atoms with E-state index in [1.165, 1.54) is 5.56 Å². The molecule has 7 rings (SSSR count). The molecule has 0 saturated carbocycles. The van der Waals surface area contributed by atoms with Gasteiger partial charge in [0.05, 0.1) is 29.1 Å². The predicted octanol–water partition coefficient (Wildman–Crippen LogP) is 5.98. The quantitative estimate of drug-likeness (QED) is 0.154. The summed E-state index contributed by atoms with van der Waals surface area (Å²) in [5.41, 5.74) is 9.20. The van der Waals surface area contributed by atoms with E-state index in [0.717, 1.165) is 77.2 Å². The first kappa shape index (κ1) is 32.7. The van der Waals surface area contributed by atoms with Crippen LogP contribution < -0.4 is 31.3 Å². The number of hydrogen-bond acceptors (Lipinski definition) is 8. The van der Waals surface area contributed by atoms with E-state index in [9.17, 15) is 9.59 Å². The number of urea groups is 1. The molecule has 2 aromatic carbocycles. The van der Waals surface area contributed by atoms with Crippen LogP contribution in [0.25, 0.3) is 22.4 Å². The van der Waals surface area contributed by atoms with Crippen LogP contribution in [-0.2, 0) is 6.42 Å². The normalized spacial score (nSPS) is 19.8. The maximum atomic E-state index is 12.9. The lowest BCUT2D eigenvalue weighted by Gasteiger charge is -2.28. The Morgan fingerprint density at radius 1 is 1.06 bits per heavy atom. The Morgan fingerprint density at radius 2 is 1.84 bits per heavy atom. The van der Waals surface area contributed by atoms with Gasteiger partial charge in [-0.05, 0) is 68.0 Å². The van der Waals surface area contributed by atoms with Gasteiger partial charge in [-0.15, -0.1) is 0 Å². The molecule has 12 heteroatoms. The van der Waals surface area contributed by atoms with Gasteiger partial charge in [0.25, 0.3) is 5.91 Å². The molecule has 0 unspecified atom stereocenters. The van der Waals surface area contributed by atoms with Crippen LogP contribution in [0.3, 0.4) is 0 Å². The number of likely N-dealkylation sites (tertiary alicyclic amines) is 1. The minimum atomic E-state index is -0.239. The molecule has 2 saturated heterocycles. The van der Waals surface area contributed by atoms with Gasteiger partial charge in [-0.1, -0.05) is 41.9 Å². The summed E-state index contributed by atoms with van der Waals surface area (Å²) < 4.78 is 5.94. The monoisotopic (exact) mass is 680 g/mol. The number of methoxy groups -OCH3 is 1. The number of benzene rings is 2. The van der Waals surface area contributed by atoms with Crippen molar-refractivity contribution in [1.29, 1.82) is 0 Å². The third-order valence-corrected chi connectivity index (χ3v) is 10.5. The van der Waals surface area contributed by atoms with Crippen LogP contribution in [0.2, 0.25) is 5.02 Å². The lowest BCUT2D eigenvalue weighted by Crippen LogP contribution is -2.46. The number of rotatable bonds is 8. The Morgan fingerprint density at radius 3 is 2.57 bits per heavy atom. The summed E-state index contributed by atoms with van der Waals surface area (Å²) in [6, 6.07) is 16.1. The molecule has 3 amide bonds. The summed E-state index contributed by atoms with van der Waals surface area (Å²) >= 11 is 7.24. The molecule has 4 aromatic rings. The summed E-state index contributed by atoms with van der Waals surface area (Å²) in [5, 5.41) is 15.9. The number of aryl methyl sites for hydroxylation is 2. The molecule has 4 heterocycles. The molecule has 2 atom stereocenters. The van der Waals surface area contributed by atoms with Crippen molar-refractivity contribution in [3.05, 3.63) is 81.5 Å². The van der Waals surface area contributed by atoms with Crippen molar-refractivity contribution in [2.24, 2.45) is 0 Å². The van der Waals surface area contributed by atoms with Crippen LogP contribution in [0, 0.1) is 13.8 Å². The van der Waals surface area contributed by atoms with Crippen molar-refractivity contribution in [1.82, 2.24) is 30.8 Å². The van der Waals surface area contributed by atoms with E-state index in [0.29, 0.717) is 34.5 Å². The summed E-state index contributed by atoms with van der Waals surface area (Å²) in [6.45, 7) is 6.28. The molecule has 1 aliphatic carbocycles. The van der Waals surface area contributed by atoms with Crippen molar-refractivity contribution < 1.29 is 14.3 Å². The van der Waals surface area contributed by atoms with E-state index in [4.69, 9.17) is 21.3 Å². The molecule has 0 radical (unpaired) electrons. The average molecular weight is 681 g/mol. The molecule has 254 valence electrons. The topological polar surface area (TPSA) is 133 Å². The summed E-state index contributed by atoms with van der Waals surface area (Å²) in [5.74, 6) is 0.841. The first-order valence-corrected chi connectivity index (χ1v) is 17.0. The van der Waals surface area contributed by atoms with Gasteiger partial charge in [0.2, 0.25) is 5.88 Å². The van der Waals surface area contributed by atoms with Crippen LogP contribution in [0.1, 0.15) is 51.6 Å². The number of nitrogens with one attached hydrogen (secondary N) is 5. The molecule has 2 aliphatic heterocycles. The second-order valence-electron chi connectivity index (χ2n) is 13.1. The van der Waals surface area contributed by atoms with Gasteiger partial charge in [-0.25, -0.2) is 14.8 Å². The Bertz CT molecular complexity index is 1980. The Labute approximate surface area is 291 Å². The van der Waals surface area contributed by atoms with Gasteiger partial charge in [0.1, 0.15) is 11.4 Å². The highest BCUT2D eigenvalue weighted by Gasteiger charge is 2.46. The molecule has 49 heavy (non-hydrogen) atoms. The van der Waals surface area contributed by atoms with Crippen molar-refractivity contribution >= 4 is 40.7 Å². The highest BCUT2D eigenvalue weighted by molar-refractivity contribution is 6.36. The summed E-state index contributed by atoms with van der Waals surface area (Å²) in [4.78, 5) is 37.0. The zero-order chi connectivity index (χ0) is 34.4. The summed E-state index contributed by atoms with van der Waals surface area (Å²) in [7, 11) is 5.06. The largest absolute Gasteiger partial charge is 0.481 e. The Kier molecular flexibility index (Phi) is 8.58. The van der Waals surface area contributed by atoms with Crippen molar-refractivity contribution in [3.63, 3.8) is 0 Å². The molecular formula is C37H41ClN8O3. The number of amides is 3. The Hall–Kier alpha value is -4.87. The maximum absolute atomic E-state index is 12.9. The molecule has 2 aromatic heterocycles. The number of fused-ring (bicyclic) bond motifs is 1. The number of hydrogen-bond donors (Lipinski definition) is 5. The molecule has 0 bridgehead atoms. The first-order valence-electron chi connectivity index (χ1n) is 16.6. The number of pyridine rings is 2. The Balaban J connectivity index is 1.21. The van der Waals surface area contributed by atoms with Gasteiger partial charge in [0, 0.05) is 67.8 Å². The van der Waals surface area contributed by atoms with E-state index in [-0.39, 0.29) is 23.5 Å². The van der Waals surface area contributed by atoms with Crippen LogP contribution >= 0.6 is 11.6 Å². The second-order valence-corrected chi connectivity index (χ2v) is 13.5. The molecule has 3 aliphatic rings. The standard InChI is InChI=1S/C37H41ClN8O3/c1-20-16-28(39-3)31(34(47)40-4)33(42-20)43-26-11-7-8-23(21(26)2)24-9-6-10-25(32(24)38)27-17-22-12-13-29(30(22)35(44-27)49-5)46-15-14-37(19-46)18-41-36(48)45-37/h6-11,16-17,29H,12-15,18-19H2,1-5H3,(H,40,47)(H2,39,42,43)(H2,41,45,48)/t29-,37-/m1/s1. The number of carbonyl (C=O) groups excluding carboxylic acids is 2. The number of halogens is 1. The summed E-state index contributed by atoms with van der Waals surface area (Å²) in [6.07, 6.45) is 2.79. The minimum Gasteiger partial charge on any atom is -0.481 e. The van der Waals surface area contributed by atoms with Gasteiger partial charge >= 0.3 is 6.03 Å². The average Bonchev–Trinajstić information content (AvgIpc) is 3.82. The first-order chi connectivity index (χ1) is 23.6. The fourth-order valence-electron chi connectivity index (χ4n) is 7.68. The van der Waals surface area contributed by atoms with Gasteiger partial charge in [-0.3, -0.25) is 9.69 Å². The van der Waals surface area contributed by atoms with E-state index in [1.54, 1.807) is 21.2 Å². The van der Waals surface area contributed by atoms with Crippen LogP contribution in [0.15, 0.2) is 48.5 Å². The van der Waals surface area contributed by atoms with Crippen molar-refractivity contribution in [2.45, 2.75) is 44.7 Å². The van der Waals surface area contributed by atoms with Crippen molar-refractivity contribution in [3.8, 4) is 28.3 Å². The van der Waals surface area contributed by atoms with E-state index in [1.807, 2.05) is 56.3 Å². The lowest BCUT2D eigenvalue weighted by molar-refractivity contribution is 0.0964. The van der Waals surface area contributed by atoms with Gasteiger partial charge < -0.3 is 31.3 Å². The number of ether oxygens (including phenoxy) is 1. The van der Waals surface area contributed by atoms with Gasteiger partial charge in [-0.2, -0.15) is 0 Å². The fraction of sp³-hybridized carbons (Fsp3) is 0.351. The molecule has 5 N–H and O–H groups in total. The van der Waals surface area contributed by atoms with Crippen LogP contribution in [-0.4, -0.2) is 73.2 Å². The molecule has 1 spiro atoms. The third-order valence-electron chi connectivity index (χ3n) is 10.1. The minimum absolute atomic E-state index is 0.0867. The number of aromatic nitrogens is 2. The number of nitrogens with zero attached hydrogens (tertiary/aromatic N) is 3. The second kappa shape index (κ2) is 12.9. The van der Waals surface area contributed by atoms with Gasteiger partial charge in [0.15, 0.2) is 0 Å². The molecule has 11 nitrogen and oxygen atoms in total. The SMILES string of the molecule is CNC(=O)c1c(NC)cc(C)nc1Nc1cccc(-c2cccc(-c3cc4c(c(OC)n3)[C@H](N3CC[C@@]5(CNC(=O)N5)C3)CC4)c2Cl)c1C. The fourth-order valence-corrected chi connectivity index (χ4v) is 8.00.